The van der Waals surface area contributed by atoms with Gasteiger partial charge in [0.2, 0.25) is 13.6 Å². The van der Waals surface area contributed by atoms with E-state index in [1.807, 2.05) is 18.2 Å². The molecule has 7 nitrogen and oxygen atoms in total. The van der Waals surface area contributed by atoms with Gasteiger partial charge in [-0.15, -0.1) is 17.0 Å². The zero-order valence-corrected chi connectivity index (χ0v) is 16.8. The molecule has 0 saturated heterocycles. The van der Waals surface area contributed by atoms with Crippen LogP contribution in [0.2, 0.25) is 0 Å². The summed E-state index contributed by atoms with van der Waals surface area (Å²) in [4.78, 5) is 14.9. The Kier molecular flexibility index (Phi) is 3.96. The van der Waals surface area contributed by atoms with E-state index in [1.54, 1.807) is 0 Å². The zero-order chi connectivity index (χ0) is 18.1. The van der Waals surface area contributed by atoms with Crippen LogP contribution in [0.25, 0.3) is 0 Å². The van der Waals surface area contributed by atoms with E-state index in [1.165, 1.54) is 5.56 Å². The Hall–Kier alpha value is -2.45. The fraction of sp³-hybridized carbons (Fsp3) is 0.350. The van der Waals surface area contributed by atoms with E-state index in [4.69, 9.17) is 23.7 Å². The van der Waals surface area contributed by atoms with Crippen LogP contribution >= 0.6 is 17.0 Å². The molecule has 4 heterocycles. The Balaban J connectivity index is 0.00000171. The Morgan fingerprint density at radius 2 is 1.71 bits per heavy atom. The minimum absolute atomic E-state index is 0. The van der Waals surface area contributed by atoms with E-state index in [9.17, 15) is 4.79 Å². The molecule has 146 valence electrons. The number of cyclic esters (lactones) is 1. The molecule has 0 N–H and O–H groups in total. The Morgan fingerprint density at radius 3 is 2.57 bits per heavy atom. The highest BCUT2D eigenvalue weighted by Crippen LogP contribution is 2.51. The molecule has 0 amide bonds. The quantitative estimate of drug-likeness (QED) is 0.621. The van der Waals surface area contributed by atoms with Crippen LogP contribution in [-0.2, 0) is 11.2 Å². The van der Waals surface area contributed by atoms with Crippen molar-refractivity contribution in [1.29, 1.82) is 0 Å². The third-order valence-corrected chi connectivity index (χ3v) is 5.76. The lowest BCUT2D eigenvalue weighted by Crippen LogP contribution is -2.36. The number of esters is 1. The van der Waals surface area contributed by atoms with Crippen LogP contribution in [0.3, 0.4) is 0 Å². The third-order valence-electron chi connectivity index (χ3n) is 5.76. The summed E-state index contributed by atoms with van der Waals surface area (Å²) in [6.45, 7) is 1.23. The maximum atomic E-state index is 12.7. The van der Waals surface area contributed by atoms with Crippen molar-refractivity contribution in [1.82, 2.24) is 4.90 Å². The van der Waals surface area contributed by atoms with Crippen molar-refractivity contribution in [2.24, 2.45) is 0 Å². The summed E-state index contributed by atoms with van der Waals surface area (Å²) in [5.74, 6) is 2.24. The van der Waals surface area contributed by atoms with Crippen molar-refractivity contribution in [3.63, 3.8) is 0 Å². The number of hydrogen-bond acceptors (Lipinski definition) is 7. The second-order valence-electron chi connectivity index (χ2n) is 7.17. The second kappa shape index (κ2) is 6.28. The average Bonchev–Trinajstić information content (AvgIpc) is 3.38. The number of halogens is 1. The Bertz CT molecular complexity index is 993. The average molecular weight is 448 g/mol. The van der Waals surface area contributed by atoms with Crippen LogP contribution in [0.15, 0.2) is 24.3 Å². The van der Waals surface area contributed by atoms with Gasteiger partial charge in [-0.1, -0.05) is 6.07 Å². The lowest BCUT2D eigenvalue weighted by Gasteiger charge is -2.37. The highest BCUT2D eigenvalue weighted by molar-refractivity contribution is 8.93. The standard InChI is InChI=1S/C20H17NO6.BrH/c1-21-5-4-10-6-14-15(25-8-24-14)7-12(10)17(21)18-11-2-3-13-19(26-9-23-13)16(11)20(22)27-18;/h2-3,6-7,17-18H,4-5,8-9H2,1H3;1H/t17-,18+;/m0./s1. The first-order valence-electron chi connectivity index (χ1n) is 8.97. The molecule has 2 aromatic carbocycles. The van der Waals surface area contributed by atoms with Gasteiger partial charge in [0, 0.05) is 12.1 Å². The lowest BCUT2D eigenvalue weighted by molar-refractivity contribution is 0.00932. The van der Waals surface area contributed by atoms with Gasteiger partial charge >= 0.3 is 5.97 Å². The van der Waals surface area contributed by atoms with Crippen LogP contribution in [0, 0.1) is 0 Å². The summed E-state index contributed by atoms with van der Waals surface area (Å²) in [5, 5.41) is 0. The third kappa shape index (κ3) is 2.34. The largest absolute Gasteiger partial charge is 0.454 e. The van der Waals surface area contributed by atoms with Crippen LogP contribution in [-0.4, -0.2) is 38.0 Å². The SMILES string of the molecule is Br.CN1CCc2cc3c(cc2[C@H]1[C@@H]1OC(=O)c2c1ccc1c2OCO1)OCO3. The number of carbonyl (C=O) groups is 1. The molecule has 0 radical (unpaired) electrons. The second-order valence-corrected chi connectivity index (χ2v) is 7.17. The molecule has 2 atom stereocenters. The Morgan fingerprint density at radius 1 is 0.964 bits per heavy atom. The molecule has 0 aliphatic carbocycles. The highest BCUT2D eigenvalue weighted by atomic mass is 79.9. The van der Waals surface area contributed by atoms with Gasteiger partial charge in [-0.25, -0.2) is 4.79 Å². The highest BCUT2D eigenvalue weighted by Gasteiger charge is 2.45. The number of carbonyl (C=O) groups excluding carboxylic acids is 1. The molecule has 0 spiro atoms. The molecular formula is C20H18BrNO6. The van der Waals surface area contributed by atoms with E-state index in [-0.39, 0.29) is 42.6 Å². The molecule has 4 aliphatic heterocycles. The van der Waals surface area contributed by atoms with E-state index in [0.717, 1.165) is 35.6 Å². The number of likely N-dealkylation sites (N-methyl/N-ethyl adjacent to an activating group) is 1. The topological polar surface area (TPSA) is 66.5 Å². The van der Waals surface area contributed by atoms with Crippen LogP contribution in [0.5, 0.6) is 23.0 Å². The van der Waals surface area contributed by atoms with Crippen LogP contribution < -0.4 is 18.9 Å². The Labute approximate surface area is 171 Å². The minimum atomic E-state index is -0.411. The van der Waals surface area contributed by atoms with Gasteiger partial charge in [0.15, 0.2) is 23.0 Å². The zero-order valence-electron chi connectivity index (χ0n) is 15.1. The van der Waals surface area contributed by atoms with Gasteiger partial charge in [-0.2, -0.15) is 0 Å². The molecule has 28 heavy (non-hydrogen) atoms. The molecule has 4 aliphatic rings. The predicted molar refractivity (Wildman–Crippen MR) is 103 cm³/mol. The smallest absolute Gasteiger partial charge is 0.343 e. The van der Waals surface area contributed by atoms with Crippen LogP contribution in [0.1, 0.15) is 39.2 Å². The summed E-state index contributed by atoms with van der Waals surface area (Å²) >= 11 is 0. The summed E-state index contributed by atoms with van der Waals surface area (Å²) < 4.78 is 27.9. The fourth-order valence-corrected chi connectivity index (χ4v) is 4.47. The number of nitrogens with zero attached hydrogens (tertiary/aromatic N) is 1. The van der Waals surface area contributed by atoms with E-state index in [2.05, 4.69) is 18.0 Å². The van der Waals surface area contributed by atoms with Gasteiger partial charge < -0.3 is 23.7 Å². The number of fused-ring (bicyclic) bond motifs is 5. The van der Waals surface area contributed by atoms with E-state index < -0.39 is 6.10 Å². The predicted octanol–water partition coefficient (Wildman–Crippen LogP) is 3.16. The molecule has 8 heteroatoms. The van der Waals surface area contributed by atoms with Gasteiger partial charge in [0.25, 0.3) is 0 Å². The van der Waals surface area contributed by atoms with E-state index in [0.29, 0.717) is 17.1 Å². The fourth-order valence-electron chi connectivity index (χ4n) is 4.47. The molecule has 0 fully saturated rings. The maximum absolute atomic E-state index is 12.7. The normalized spacial score (nSPS) is 23.7. The van der Waals surface area contributed by atoms with Gasteiger partial charge in [-0.05, 0) is 42.8 Å². The number of rotatable bonds is 1. The monoisotopic (exact) mass is 447 g/mol. The molecule has 0 saturated carbocycles. The van der Waals surface area contributed by atoms with Crippen molar-refractivity contribution in [3.05, 3.63) is 46.5 Å². The molecule has 6 rings (SSSR count). The molecule has 0 unspecified atom stereocenters. The number of benzene rings is 2. The van der Waals surface area contributed by atoms with E-state index >= 15 is 0 Å². The molecule has 2 aromatic rings. The summed E-state index contributed by atoms with van der Waals surface area (Å²) in [5.41, 5.74) is 3.63. The lowest BCUT2D eigenvalue weighted by atomic mass is 9.86. The first kappa shape index (κ1) is 17.6. The number of hydrogen-bond donors (Lipinski definition) is 0. The number of ether oxygens (including phenoxy) is 5. The van der Waals surface area contributed by atoms with Crippen molar-refractivity contribution < 1.29 is 28.5 Å². The van der Waals surface area contributed by atoms with Crippen molar-refractivity contribution >= 4 is 23.0 Å². The molecule has 0 aromatic heterocycles. The van der Waals surface area contributed by atoms with Gasteiger partial charge in [-0.3, -0.25) is 4.90 Å². The first-order valence-corrected chi connectivity index (χ1v) is 8.97. The molecular weight excluding hydrogens is 430 g/mol. The van der Waals surface area contributed by atoms with Gasteiger partial charge in [0.1, 0.15) is 11.7 Å². The molecule has 0 bridgehead atoms. The maximum Gasteiger partial charge on any atom is 0.343 e. The van der Waals surface area contributed by atoms with Crippen molar-refractivity contribution in [2.75, 3.05) is 27.2 Å². The van der Waals surface area contributed by atoms with Crippen molar-refractivity contribution in [2.45, 2.75) is 18.6 Å². The summed E-state index contributed by atoms with van der Waals surface area (Å²) in [7, 11) is 2.05. The minimum Gasteiger partial charge on any atom is -0.454 e. The van der Waals surface area contributed by atoms with Crippen molar-refractivity contribution in [3.8, 4) is 23.0 Å². The summed E-state index contributed by atoms with van der Waals surface area (Å²) in [6, 6.07) is 7.73. The summed E-state index contributed by atoms with van der Waals surface area (Å²) in [6.07, 6.45) is 0.500. The first-order chi connectivity index (χ1) is 13.2. The van der Waals surface area contributed by atoms with Crippen LogP contribution in [0.4, 0.5) is 0 Å². The van der Waals surface area contributed by atoms with Gasteiger partial charge in [0.05, 0.1) is 6.04 Å².